The fraction of sp³-hybridized carbons (Fsp3) is 0.231. The first-order valence-corrected chi connectivity index (χ1v) is 8.96. The summed E-state index contributed by atoms with van der Waals surface area (Å²) >= 11 is 11.4. The molecule has 2 aromatic rings. The minimum atomic E-state index is -0.573. The Morgan fingerprint density at radius 3 is 2.45 bits per heavy atom. The van der Waals surface area contributed by atoms with Crippen molar-refractivity contribution in [3.05, 3.63) is 53.0 Å². The van der Waals surface area contributed by atoms with Crippen molar-refractivity contribution in [2.24, 2.45) is 0 Å². The van der Waals surface area contributed by atoms with Gasteiger partial charge in [0.2, 0.25) is 0 Å². The van der Waals surface area contributed by atoms with Crippen LogP contribution in [0.4, 0.5) is 8.78 Å². The summed E-state index contributed by atoms with van der Waals surface area (Å²) < 4.78 is 30.4. The highest BCUT2D eigenvalue weighted by Gasteiger charge is 2.25. The third kappa shape index (κ3) is 3.32. The van der Waals surface area contributed by atoms with E-state index in [-0.39, 0.29) is 10.0 Å². The Morgan fingerprint density at radius 1 is 1.20 bits per heavy atom. The van der Waals surface area contributed by atoms with Gasteiger partial charge >= 0.3 is 0 Å². The monoisotopic (exact) mass is 487 g/mol. The van der Waals surface area contributed by atoms with E-state index in [2.05, 4.69) is 53.1 Å². The fourth-order valence-corrected chi connectivity index (χ4v) is 4.38. The summed E-state index contributed by atoms with van der Waals surface area (Å²) in [7, 11) is 0. The van der Waals surface area contributed by atoms with Gasteiger partial charge in [0.1, 0.15) is 11.6 Å². The van der Waals surface area contributed by atoms with E-state index in [1.54, 1.807) is 0 Å². The third-order valence-corrected chi connectivity index (χ3v) is 6.66. The molecule has 1 heterocycles. The second-order valence-corrected chi connectivity index (χ2v) is 8.13. The molecule has 7 heteroatoms. The standard InChI is InChI=1S/C13H10Br3F2NS/c1-2-19-12(9-5-7(15)13(16)20-9)10-8(17)4-3-6(14)11(10)18/h3-5,12,19H,2H2,1H3. The molecule has 20 heavy (non-hydrogen) atoms. The molecule has 0 aliphatic rings. The van der Waals surface area contributed by atoms with Crippen molar-refractivity contribution >= 4 is 59.1 Å². The van der Waals surface area contributed by atoms with Crippen LogP contribution in [-0.2, 0) is 0 Å². The Bertz CT molecular complexity index is 611. The van der Waals surface area contributed by atoms with Gasteiger partial charge in [0.25, 0.3) is 0 Å². The van der Waals surface area contributed by atoms with Gasteiger partial charge in [-0.2, -0.15) is 0 Å². The van der Waals surface area contributed by atoms with Crippen LogP contribution < -0.4 is 5.32 Å². The smallest absolute Gasteiger partial charge is 0.145 e. The van der Waals surface area contributed by atoms with Crippen LogP contribution in [0, 0.1) is 11.6 Å². The molecule has 108 valence electrons. The molecule has 2 rings (SSSR count). The number of hydrogen-bond acceptors (Lipinski definition) is 2. The molecule has 0 amide bonds. The zero-order valence-electron chi connectivity index (χ0n) is 10.3. The lowest BCUT2D eigenvalue weighted by Gasteiger charge is -2.19. The first-order chi connectivity index (χ1) is 9.45. The first-order valence-electron chi connectivity index (χ1n) is 5.77. The second kappa shape index (κ2) is 6.96. The number of benzene rings is 1. The van der Waals surface area contributed by atoms with Crippen LogP contribution in [0.1, 0.15) is 23.4 Å². The number of hydrogen-bond donors (Lipinski definition) is 1. The summed E-state index contributed by atoms with van der Waals surface area (Å²) in [6.07, 6.45) is 0. The van der Waals surface area contributed by atoms with Crippen molar-refractivity contribution in [2.75, 3.05) is 6.54 Å². The van der Waals surface area contributed by atoms with Crippen molar-refractivity contribution < 1.29 is 8.78 Å². The number of rotatable bonds is 4. The van der Waals surface area contributed by atoms with Crippen molar-refractivity contribution in [2.45, 2.75) is 13.0 Å². The maximum absolute atomic E-state index is 14.3. The highest BCUT2D eigenvalue weighted by atomic mass is 79.9. The molecule has 0 saturated carbocycles. The number of nitrogens with one attached hydrogen (secondary N) is 1. The average molecular weight is 490 g/mol. The van der Waals surface area contributed by atoms with Gasteiger partial charge < -0.3 is 5.32 Å². The Labute approximate surface area is 145 Å². The Balaban J connectivity index is 2.57. The van der Waals surface area contributed by atoms with E-state index in [9.17, 15) is 8.78 Å². The zero-order chi connectivity index (χ0) is 14.9. The van der Waals surface area contributed by atoms with Crippen LogP contribution in [0.5, 0.6) is 0 Å². The highest BCUT2D eigenvalue weighted by Crippen LogP contribution is 2.39. The summed E-state index contributed by atoms with van der Waals surface area (Å²) in [4.78, 5) is 0.835. The van der Waals surface area contributed by atoms with Crippen molar-refractivity contribution in [3.63, 3.8) is 0 Å². The summed E-state index contributed by atoms with van der Waals surface area (Å²) in [6, 6.07) is 3.98. The third-order valence-electron chi connectivity index (χ3n) is 2.73. The van der Waals surface area contributed by atoms with E-state index in [1.807, 2.05) is 13.0 Å². The predicted molar refractivity (Wildman–Crippen MR) is 89.3 cm³/mol. The van der Waals surface area contributed by atoms with E-state index < -0.39 is 17.7 Å². The minimum absolute atomic E-state index is 0.0301. The summed E-state index contributed by atoms with van der Waals surface area (Å²) in [5.41, 5.74) is 0.0301. The van der Waals surface area contributed by atoms with Gasteiger partial charge in [-0.25, -0.2) is 8.78 Å². The molecule has 0 bridgehead atoms. The summed E-state index contributed by atoms with van der Waals surface area (Å²) in [5, 5.41) is 3.13. The molecule has 1 N–H and O–H groups in total. The maximum Gasteiger partial charge on any atom is 0.145 e. The van der Waals surface area contributed by atoms with Crippen LogP contribution in [-0.4, -0.2) is 6.54 Å². The summed E-state index contributed by atoms with van der Waals surface area (Å²) in [5.74, 6) is -1.13. The van der Waals surface area contributed by atoms with Crippen LogP contribution in [0.15, 0.2) is 30.9 Å². The molecule has 1 aromatic carbocycles. The van der Waals surface area contributed by atoms with Crippen molar-refractivity contribution in [1.82, 2.24) is 5.32 Å². The molecule has 0 radical (unpaired) electrons. The first kappa shape index (κ1) is 16.5. The molecule has 1 unspecified atom stereocenters. The minimum Gasteiger partial charge on any atom is -0.306 e. The van der Waals surface area contributed by atoms with E-state index in [4.69, 9.17) is 0 Å². The van der Waals surface area contributed by atoms with Crippen molar-refractivity contribution in [3.8, 4) is 0 Å². The molecule has 1 nitrogen and oxygen atoms in total. The molecule has 0 aliphatic carbocycles. The molecular formula is C13H10Br3F2NS. The van der Waals surface area contributed by atoms with E-state index in [0.29, 0.717) is 6.54 Å². The SMILES string of the molecule is CCNC(c1cc(Br)c(Br)s1)c1c(F)ccc(Br)c1F. The topological polar surface area (TPSA) is 12.0 Å². The van der Waals surface area contributed by atoms with Crippen LogP contribution in [0.2, 0.25) is 0 Å². The predicted octanol–water partition coefficient (Wildman–Crippen LogP) is 6.01. The Morgan fingerprint density at radius 2 is 1.90 bits per heavy atom. The Kier molecular flexibility index (Phi) is 5.76. The van der Waals surface area contributed by atoms with E-state index >= 15 is 0 Å². The van der Waals surface area contributed by atoms with Crippen LogP contribution in [0.25, 0.3) is 0 Å². The largest absolute Gasteiger partial charge is 0.306 e. The fourth-order valence-electron chi connectivity index (χ4n) is 1.86. The number of halogens is 5. The van der Waals surface area contributed by atoms with Crippen LogP contribution in [0.3, 0.4) is 0 Å². The van der Waals surface area contributed by atoms with Gasteiger partial charge in [0, 0.05) is 14.9 Å². The molecule has 0 aliphatic heterocycles. The van der Waals surface area contributed by atoms with Gasteiger partial charge in [-0.05, 0) is 72.5 Å². The normalized spacial score (nSPS) is 12.7. The molecule has 1 aromatic heterocycles. The van der Waals surface area contributed by atoms with Gasteiger partial charge in [-0.3, -0.25) is 0 Å². The maximum atomic E-state index is 14.3. The van der Waals surface area contributed by atoms with E-state index in [0.717, 1.165) is 13.1 Å². The quantitative estimate of drug-likeness (QED) is 0.518. The van der Waals surface area contributed by atoms with Gasteiger partial charge in [-0.1, -0.05) is 6.92 Å². The average Bonchev–Trinajstić information content (AvgIpc) is 2.73. The zero-order valence-corrected chi connectivity index (χ0v) is 15.9. The molecule has 0 saturated heterocycles. The lowest BCUT2D eigenvalue weighted by atomic mass is 10.0. The highest BCUT2D eigenvalue weighted by molar-refractivity contribution is 9.13. The van der Waals surface area contributed by atoms with Gasteiger partial charge in [-0.15, -0.1) is 11.3 Å². The molecule has 0 spiro atoms. The molecule has 1 atom stereocenters. The number of thiophene rings is 1. The van der Waals surface area contributed by atoms with Gasteiger partial charge in [0.05, 0.1) is 14.3 Å². The summed E-state index contributed by atoms with van der Waals surface area (Å²) in [6.45, 7) is 2.50. The molecular weight excluding hydrogens is 480 g/mol. The van der Waals surface area contributed by atoms with Gasteiger partial charge in [0.15, 0.2) is 0 Å². The van der Waals surface area contributed by atoms with E-state index in [1.165, 1.54) is 23.5 Å². The second-order valence-electron chi connectivity index (χ2n) is 4.02. The molecule has 0 fully saturated rings. The lowest BCUT2D eigenvalue weighted by Crippen LogP contribution is -2.23. The van der Waals surface area contributed by atoms with Crippen LogP contribution >= 0.6 is 59.1 Å². The van der Waals surface area contributed by atoms with Crippen molar-refractivity contribution in [1.29, 1.82) is 0 Å². The lowest BCUT2D eigenvalue weighted by molar-refractivity contribution is 0.510. The Hall–Kier alpha value is 0.180.